The van der Waals surface area contributed by atoms with Gasteiger partial charge in [0.2, 0.25) is 0 Å². The van der Waals surface area contributed by atoms with E-state index in [0.29, 0.717) is 11.8 Å². The Morgan fingerprint density at radius 2 is 1.75 bits per heavy atom. The topological polar surface area (TPSA) is 27.1 Å². The van der Waals surface area contributed by atoms with E-state index in [9.17, 15) is 0 Å². The van der Waals surface area contributed by atoms with E-state index in [1.807, 2.05) is 6.92 Å². The highest BCUT2D eigenvalue weighted by Gasteiger charge is 2.21. The van der Waals surface area contributed by atoms with Crippen molar-refractivity contribution in [1.82, 2.24) is 4.90 Å². The Bertz CT molecular complexity index is 154. The molecule has 0 rings (SSSR count). The average molecular weight is 170 g/mol. The summed E-state index contributed by atoms with van der Waals surface area (Å²) >= 11 is 0. The molecule has 0 saturated carbocycles. The Hall–Kier alpha value is -0.530. The minimum atomic E-state index is 0.0795. The lowest BCUT2D eigenvalue weighted by molar-refractivity contribution is 0.212. The highest BCUT2D eigenvalue weighted by atomic mass is 15.2. The van der Waals surface area contributed by atoms with Gasteiger partial charge >= 0.3 is 0 Å². The van der Waals surface area contributed by atoms with Crippen LogP contribution in [0.4, 0.5) is 0 Å². The van der Waals surface area contributed by atoms with Crippen LogP contribution in [0.3, 0.4) is 0 Å². The summed E-state index contributed by atoms with van der Waals surface area (Å²) in [6.45, 7) is 13.6. The van der Waals surface area contributed by atoms with Crippen molar-refractivity contribution >= 4 is 5.84 Å². The van der Waals surface area contributed by atoms with Gasteiger partial charge in [0.05, 0.1) is 5.84 Å². The summed E-state index contributed by atoms with van der Waals surface area (Å²) in [4.78, 5) is 2.14. The lowest BCUT2D eigenvalue weighted by Crippen LogP contribution is -2.46. The largest absolute Gasteiger partial charge is 0.356 e. The molecular formula is C10H22N2. The summed E-state index contributed by atoms with van der Waals surface area (Å²) in [6.07, 6.45) is 0. The summed E-state index contributed by atoms with van der Waals surface area (Å²) in [5.41, 5.74) is 0.0795. The standard InChI is InChI=1S/C10H22N2/c1-8(2)7-12(9(3)11)10(4,5)6/h8,11H,7H2,1-6H3. The van der Waals surface area contributed by atoms with Gasteiger partial charge in [0.25, 0.3) is 0 Å². The van der Waals surface area contributed by atoms with Crippen LogP contribution < -0.4 is 0 Å². The molecule has 0 saturated heterocycles. The molecule has 0 unspecified atom stereocenters. The number of nitrogens with one attached hydrogen (secondary N) is 1. The minimum absolute atomic E-state index is 0.0795. The van der Waals surface area contributed by atoms with Gasteiger partial charge in [0.1, 0.15) is 0 Å². The Morgan fingerprint density at radius 3 is 1.83 bits per heavy atom. The first-order valence-electron chi connectivity index (χ1n) is 4.58. The number of hydrogen-bond acceptors (Lipinski definition) is 1. The van der Waals surface area contributed by atoms with Crippen LogP contribution in [0.2, 0.25) is 0 Å². The fraction of sp³-hybridized carbons (Fsp3) is 0.900. The van der Waals surface area contributed by atoms with E-state index in [1.54, 1.807) is 0 Å². The number of rotatable bonds is 2. The van der Waals surface area contributed by atoms with Gasteiger partial charge in [-0.2, -0.15) is 0 Å². The summed E-state index contributed by atoms with van der Waals surface area (Å²) in [7, 11) is 0. The molecule has 72 valence electrons. The van der Waals surface area contributed by atoms with E-state index in [-0.39, 0.29) is 5.54 Å². The van der Waals surface area contributed by atoms with E-state index in [1.165, 1.54) is 0 Å². The first kappa shape index (κ1) is 11.5. The van der Waals surface area contributed by atoms with E-state index >= 15 is 0 Å². The molecule has 0 bridgehead atoms. The summed E-state index contributed by atoms with van der Waals surface area (Å²) in [6, 6.07) is 0. The highest BCUT2D eigenvalue weighted by Crippen LogP contribution is 2.15. The van der Waals surface area contributed by atoms with E-state index in [0.717, 1.165) is 6.54 Å². The van der Waals surface area contributed by atoms with E-state index in [4.69, 9.17) is 5.41 Å². The molecule has 0 aromatic heterocycles. The molecule has 0 aromatic rings. The van der Waals surface area contributed by atoms with Crippen molar-refractivity contribution in [1.29, 1.82) is 5.41 Å². The zero-order chi connectivity index (χ0) is 9.94. The van der Waals surface area contributed by atoms with Crippen LogP contribution in [0.1, 0.15) is 41.5 Å². The molecule has 0 aliphatic rings. The smallest absolute Gasteiger partial charge is 0.0930 e. The first-order valence-corrected chi connectivity index (χ1v) is 4.58. The zero-order valence-electron chi connectivity index (χ0n) is 9.23. The average Bonchev–Trinajstić information content (AvgIpc) is 1.79. The molecule has 2 nitrogen and oxygen atoms in total. The van der Waals surface area contributed by atoms with Gasteiger partial charge in [0, 0.05) is 12.1 Å². The normalized spacial score (nSPS) is 11.9. The van der Waals surface area contributed by atoms with Crippen molar-refractivity contribution < 1.29 is 0 Å². The van der Waals surface area contributed by atoms with Gasteiger partial charge in [-0.25, -0.2) is 0 Å². The molecule has 0 aromatic carbocycles. The monoisotopic (exact) mass is 170 g/mol. The summed E-state index contributed by atoms with van der Waals surface area (Å²) in [5.74, 6) is 1.28. The predicted octanol–water partition coefficient (Wildman–Crippen LogP) is 2.74. The zero-order valence-corrected chi connectivity index (χ0v) is 9.23. The van der Waals surface area contributed by atoms with E-state index in [2.05, 4.69) is 39.5 Å². The number of hydrogen-bond donors (Lipinski definition) is 1. The second kappa shape index (κ2) is 3.92. The van der Waals surface area contributed by atoms with Crippen LogP contribution in [0.5, 0.6) is 0 Å². The lowest BCUT2D eigenvalue weighted by atomic mass is 10.0. The van der Waals surface area contributed by atoms with Crippen LogP contribution in [0.25, 0.3) is 0 Å². The fourth-order valence-corrected chi connectivity index (χ4v) is 1.28. The van der Waals surface area contributed by atoms with Crippen molar-refractivity contribution in [2.24, 2.45) is 5.92 Å². The molecule has 12 heavy (non-hydrogen) atoms. The van der Waals surface area contributed by atoms with Crippen LogP contribution in [0, 0.1) is 11.3 Å². The Morgan fingerprint density at radius 1 is 1.33 bits per heavy atom. The van der Waals surface area contributed by atoms with Crippen molar-refractivity contribution in [3.05, 3.63) is 0 Å². The van der Waals surface area contributed by atoms with Crippen molar-refractivity contribution in [2.75, 3.05) is 6.54 Å². The molecule has 0 fully saturated rings. The molecule has 0 radical (unpaired) electrons. The Balaban J connectivity index is 4.35. The van der Waals surface area contributed by atoms with Gasteiger partial charge in [-0.05, 0) is 33.6 Å². The molecule has 0 spiro atoms. The minimum Gasteiger partial charge on any atom is -0.356 e. The first-order chi connectivity index (χ1) is 5.25. The second-order valence-corrected chi connectivity index (χ2v) is 4.76. The third-order valence-corrected chi connectivity index (χ3v) is 1.76. The molecule has 0 heterocycles. The van der Waals surface area contributed by atoms with E-state index < -0.39 is 0 Å². The number of nitrogens with zero attached hydrogens (tertiary/aromatic N) is 1. The molecule has 0 amide bonds. The Kier molecular flexibility index (Phi) is 3.75. The van der Waals surface area contributed by atoms with Gasteiger partial charge in [-0.1, -0.05) is 13.8 Å². The van der Waals surface area contributed by atoms with Gasteiger partial charge in [0.15, 0.2) is 0 Å². The summed E-state index contributed by atoms with van der Waals surface area (Å²) in [5, 5.41) is 7.63. The SMILES string of the molecule is CC(=N)N(CC(C)C)C(C)(C)C. The maximum absolute atomic E-state index is 7.63. The molecule has 1 N–H and O–H groups in total. The van der Waals surface area contributed by atoms with Crippen LogP contribution >= 0.6 is 0 Å². The molecule has 0 atom stereocenters. The van der Waals surface area contributed by atoms with Gasteiger partial charge in [-0.15, -0.1) is 0 Å². The van der Waals surface area contributed by atoms with Crippen molar-refractivity contribution in [3.63, 3.8) is 0 Å². The number of amidine groups is 1. The quantitative estimate of drug-likeness (QED) is 0.500. The third-order valence-electron chi connectivity index (χ3n) is 1.76. The van der Waals surface area contributed by atoms with Crippen LogP contribution in [0.15, 0.2) is 0 Å². The highest BCUT2D eigenvalue weighted by molar-refractivity contribution is 5.77. The maximum atomic E-state index is 7.63. The van der Waals surface area contributed by atoms with Gasteiger partial charge < -0.3 is 4.90 Å². The fourth-order valence-electron chi connectivity index (χ4n) is 1.28. The predicted molar refractivity (Wildman–Crippen MR) is 54.7 cm³/mol. The van der Waals surface area contributed by atoms with Crippen molar-refractivity contribution in [3.8, 4) is 0 Å². The van der Waals surface area contributed by atoms with Crippen LogP contribution in [-0.2, 0) is 0 Å². The molecule has 0 aliphatic heterocycles. The lowest BCUT2D eigenvalue weighted by Gasteiger charge is -2.38. The maximum Gasteiger partial charge on any atom is 0.0930 e. The molecule has 0 aliphatic carbocycles. The van der Waals surface area contributed by atoms with Crippen LogP contribution in [-0.4, -0.2) is 22.8 Å². The summed E-state index contributed by atoms with van der Waals surface area (Å²) < 4.78 is 0. The third kappa shape index (κ3) is 3.74. The Labute approximate surface area is 76.5 Å². The van der Waals surface area contributed by atoms with Gasteiger partial charge in [-0.3, -0.25) is 5.41 Å². The second-order valence-electron chi connectivity index (χ2n) is 4.76. The van der Waals surface area contributed by atoms with Crippen molar-refractivity contribution in [2.45, 2.75) is 47.1 Å². The molecular weight excluding hydrogens is 148 g/mol. The molecule has 2 heteroatoms.